The number of hydrogen-bond acceptors (Lipinski definition) is 2. The molecule has 3 N–H and O–H groups in total. The predicted octanol–water partition coefficient (Wildman–Crippen LogP) is 3.06. The van der Waals surface area contributed by atoms with E-state index in [9.17, 15) is 9.59 Å². The van der Waals surface area contributed by atoms with Crippen LogP contribution in [0.1, 0.15) is 50.1 Å². The van der Waals surface area contributed by atoms with E-state index in [4.69, 9.17) is 5.73 Å². The van der Waals surface area contributed by atoms with Gasteiger partial charge in [0.05, 0.1) is 5.41 Å². The van der Waals surface area contributed by atoms with Crippen LogP contribution >= 0.6 is 15.9 Å². The van der Waals surface area contributed by atoms with E-state index < -0.39 is 11.9 Å². The number of amides is 2. The fraction of sp³-hybridized carbons (Fsp3) is 0.579. The summed E-state index contributed by atoms with van der Waals surface area (Å²) in [5.41, 5.74) is 5.98. The molecule has 0 aromatic heterocycles. The summed E-state index contributed by atoms with van der Waals surface area (Å²) >= 11 is 3.93. The third kappa shape index (κ3) is 2.67. The highest BCUT2D eigenvalue weighted by Crippen LogP contribution is 2.64. The number of carbonyl (C=O) groups is 2. The van der Waals surface area contributed by atoms with E-state index in [1.807, 2.05) is 30.3 Å². The lowest BCUT2D eigenvalue weighted by molar-refractivity contribution is -0.146. The van der Waals surface area contributed by atoms with E-state index in [-0.39, 0.29) is 15.6 Å². The van der Waals surface area contributed by atoms with E-state index in [0.29, 0.717) is 11.8 Å². The molecule has 4 aliphatic carbocycles. The largest absolute Gasteiger partial charge is 0.368 e. The molecule has 4 saturated carbocycles. The Hall–Kier alpha value is -1.36. The zero-order chi connectivity index (χ0) is 16.9. The lowest BCUT2D eigenvalue weighted by Crippen LogP contribution is -2.59. The molecule has 128 valence electrons. The zero-order valence-corrected chi connectivity index (χ0v) is 15.2. The van der Waals surface area contributed by atoms with Gasteiger partial charge in [0.25, 0.3) is 0 Å². The fourth-order valence-electron chi connectivity index (χ4n) is 5.66. The highest BCUT2D eigenvalue weighted by atomic mass is 79.9. The highest BCUT2D eigenvalue weighted by Gasteiger charge is 2.60. The molecule has 0 spiro atoms. The molecule has 5 rings (SSSR count). The van der Waals surface area contributed by atoms with Crippen LogP contribution < -0.4 is 11.1 Å². The molecule has 4 bridgehead atoms. The highest BCUT2D eigenvalue weighted by molar-refractivity contribution is 9.10. The minimum absolute atomic E-state index is 0.00748. The van der Waals surface area contributed by atoms with Crippen molar-refractivity contribution in [1.29, 1.82) is 0 Å². The predicted molar refractivity (Wildman–Crippen MR) is 95.3 cm³/mol. The van der Waals surface area contributed by atoms with Gasteiger partial charge in [0.1, 0.15) is 6.04 Å². The van der Waals surface area contributed by atoms with Crippen LogP contribution in [0.15, 0.2) is 30.3 Å². The Morgan fingerprint density at radius 3 is 2.29 bits per heavy atom. The first-order valence-corrected chi connectivity index (χ1v) is 9.53. The molecule has 2 amide bonds. The van der Waals surface area contributed by atoms with Gasteiger partial charge in [-0.1, -0.05) is 46.3 Å². The Balaban J connectivity index is 1.58. The van der Waals surface area contributed by atoms with E-state index in [2.05, 4.69) is 21.2 Å². The van der Waals surface area contributed by atoms with Crippen LogP contribution in [0.2, 0.25) is 0 Å². The van der Waals surface area contributed by atoms with Gasteiger partial charge < -0.3 is 11.1 Å². The molecule has 5 heteroatoms. The van der Waals surface area contributed by atoms with Gasteiger partial charge in [-0.15, -0.1) is 0 Å². The van der Waals surface area contributed by atoms with Gasteiger partial charge in [-0.3, -0.25) is 9.59 Å². The lowest BCUT2D eigenvalue weighted by Gasteiger charge is -2.59. The van der Waals surface area contributed by atoms with Crippen LogP contribution in [0.3, 0.4) is 0 Å². The molecular formula is C19H23BrN2O2. The number of nitrogens with one attached hydrogen (secondary N) is 1. The fourth-order valence-corrected chi connectivity index (χ4v) is 7.12. The lowest BCUT2D eigenvalue weighted by atomic mass is 9.49. The van der Waals surface area contributed by atoms with Crippen molar-refractivity contribution in [3.63, 3.8) is 0 Å². The number of benzene rings is 1. The van der Waals surface area contributed by atoms with Crippen LogP contribution in [-0.2, 0) is 9.59 Å². The Bertz CT molecular complexity index is 661. The van der Waals surface area contributed by atoms with E-state index in [1.54, 1.807) is 0 Å². The molecule has 1 aromatic rings. The third-order valence-corrected chi connectivity index (χ3v) is 7.09. The Morgan fingerprint density at radius 1 is 1.12 bits per heavy atom. The van der Waals surface area contributed by atoms with Crippen LogP contribution in [0, 0.1) is 17.3 Å². The van der Waals surface area contributed by atoms with Gasteiger partial charge in [0.15, 0.2) is 0 Å². The number of rotatable bonds is 4. The molecule has 4 nitrogen and oxygen atoms in total. The van der Waals surface area contributed by atoms with Crippen molar-refractivity contribution in [2.45, 2.75) is 48.9 Å². The summed E-state index contributed by atoms with van der Waals surface area (Å²) in [6.45, 7) is 0. The molecule has 3 atom stereocenters. The van der Waals surface area contributed by atoms with Crippen molar-refractivity contribution in [2.75, 3.05) is 0 Å². The van der Waals surface area contributed by atoms with Crippen LogP contribution in [0.5, 0.6) is 0 Å². The molecule has 4 fully saturated rings. The van der Waals surface area contributed by atoms with Gasteiger partial charge in [-0.05, 0) is 55.9 Å². The average Bonchev–Trinajstić information content (AvgIpc) is 2.50. The number of halogens is 1. The summed E-state index contributed by atoms with van der Waals surface area (Å²) in [5.74, 6) is 0.751. The summed E-state index contributed by atoms with van der Waals surface area (Å²) in [6.07, 6.45) is 6.37. The number of alkyl halides is 1. The molecule has 1 aromatic carbocycles. The molecule has 0 radical (unpaired) electrons. The standard InChI is InChI=1S/C19H23BrN2O2/c20-19-9-12-6-13(10-19)8-18(7-12,11-19)17(24)22-15(16(21)23)14-4-2-1-3-5-14/h1-5,12-13,15H,6-11H2,(H2,21,23)(H,22,24). The summed E-state index contributed by atoms with van der Waals surface area (Å²) in [5, 5.41) is 2.97. The van der Waals surface area contributed by atoms with Gasteiger partial charge in [0.2, 0.25) is 11.8 Å². The summed E-state index contributed by atoms with van der Waals surface area (Å²) in [7, 11) is 0. The number of nitrogens with two attached hydrogens (primary N) is 1. The maximum Gasteiger partial charge on any atom is 0.244 e. The Morgan fingerprint density at radius 2 is 1.75 bits per heavy atom. The molecule has 0 aliphatic heterocycles. The monoisotopic (exact) mass is 390 g/mol. The molecule has 0 saturated heterocycles. The smallest absolute Gasteiger partial charge is 0.244 e. The topological polar surface area (TPSA) is 72.2 Å². The van der Waals surface area contributed by atoms with Gasteiger partial charge >= 0.3 is 0 Å². The van der Waals surface area contributed by atoms with Crippen molar-refractivity contribution in [2.24, 2.45) is 23.0 Å². The van der Waals surface area contributed by atoms with Crippen LogP contribution in [0.25, 0.3) is 0 Å². The van der Waals surface area contributed by atoms with E-state index in [0.717, 1.165) is 24.8 Å². The van der Waals surface area contributed by atoms with E-state index >= 15 is 0 Å². The summed E-state index contributed by atoms with van der Waals surface area (Å²) < 4.78 is 0.114. The SMILES string of the molecule is NC(=O)C(NC(=O)C12CC3CC(CC(Br)(C3)C1)C2)c1ccccc1. The quantitative estimate of drug-likeness (QED) is 0.775. The van der Waals surface area contributed by atoms with Crippen LogP contribution in [0.4, 0.5) is 0 Å². The second-order valence-corrected chi connectivity index (χ2v) is 9.79. The Kier molecular flexibility index (Phi) is 3.75. The molecule has 24 heavy (non-hydrogen) atoms. The van der Waals surface area contributed by atoms with Crippen molar-refractivity contribution >= 4 is 27.7 Å². The second kappa shape index (κ2) is 5.58. The first-order valence-electron chi connectivity index (χ1n) is 8.73. The first kappa shape index (κ1) is 16.1. The molecule has 3 unspecified atom stereocenters. The number of primary amides is 1. The van der Waals surface area contributed by atoms with Crippen molar-refractivity contribution < 1.29 is 9.59 Å². The first-order chi connectivity index (χ1) is 11.4. The summed E-state index contributed by atoms with van der Waals surface area (Å²) in [4.78, 5) is 25.1. The Labute approximate surface area is 150 Å². The van der Waals surface area contributed by atoms with Gasteiger partial charge in [0, 0.05) is 4.32 Å². The van der Waals surface area contributed by atoms with Crippen LogP contribution in [-0.4, -0.2) is 16.1 Å². The minimum Gasteiger partial charge on any atom is -0.368 e. The summed E-state index contributed by atoms with van der Waals surface area (Å²) in [6, 6.07) is 8.52. The molecular weight excluding hydrogens is 368 g/mol. The molecule has 4 aliphatic rings. The maximum absolute atomic E-state index is 13.2. The third-order valence-electron chi connectivity index (χ3n) is 6.16. The van der Waals surface area contributed by atoms with Crippen molar-refractivity contribution in [3.05, 3.63) is 35.9 Å². The van der Waals surface area contributed by atoms with E-state index in [1.165, 1.54) is 19.3 Å². The number of carbonyl (C=O) groups excluding carboxylic acids is 2. The molecule has 0 heterocycles. The van der Waals surface area contributed by atoms with Crippen molar-refractivity contribution in [1.82, 2.24) is 5.32 Å². The zero-order valence-electron chi connectivity index (χ0n) is 13.6. The van der Waals surface area contributed by atoms with Gasteiger partial charge in [-0.2, -0.15) is 0 Å². The average molecular weight is 391 g/mol. The van der Waals surface area contributed by atoms with Gasteiger partial charge in [-0.25, -0.2) is 0 Å². The number of hydrogen-bond donors (Lipinski definition) is 2. The minimum atomic E-state index is -0.752. The normalized spacial score (nSPS) is 37.9. The maximum atomic E-state index is 13.2. The van der Waals surface area contributed by atoms with Crippen molar-refractivity contribution in [3.8, 4) is 0 Å². The second-order valence-electron chi connectivity index (χ2n) is 8.11.